The molecule has 0 radical (unpaired) electrons. The molecule has 0 saturated carbocycles. The summed E-state index contributed by atoms with van der Waals surface area (Å²) in [5.74, 6) is -0.430. The van der Waals surface area contributed by atoms with Crippen LogP contribution >= 0.6 is 0 Å². The number of carbonyl (C=O) groups excluding carboxylic acids is 1. The van der Waals surface area contributed by atoms with Crippen molar-refractivity contribution in [3.8, 4) is 0 Å². The summed E-state index contributed by atoms with van der Waals surface area (Å²) in [4.78, 5) is 11.9. The number of imidazole rings is 1. The third-order valence-corrected chi connectivity index (χ3v) is 4.16. The Morgan fingerprint density at radius 3 is 2.57 bits per heavy atom. The first-order valence-electron chi connectivity index (χ1n) is 8.80. The lowest BCUT2D eigenvalue weighted by atomic mass is 10.1. The number of ether oxygens (including phenoxy) is 1. The molecule has 28 heavy (non-hydrogen) atoms. The van der Waals surface area contributed by atoms with Gasteiger partial charge in [0.15, 0.2) is 0 Å². The van der Waals surface area contributed by atoms with E-state index < -0.39 is 12.1 Å². The minimum Gasteiger partial charge on any atom is -1.00 e. The molecule has 1 atom stereocenters. The molecule has 6 heteroatoms. The van der Waals surface area contributed by atoms with Crippen LogP contribution in [0, 0.1) is 0 Å². The summed E-state index contributed by atoms with van der Waals surface area (Å²) >= 11 is 0. The van der Waals surface area contributed by atoms with Gasteiger partial charge >= 0.3 is 5.97 Å². The fraction of sp³-hybridized carbons (Fsp3) is 0.182. The van der Waals surface area contributed by atoms with Crippen molar-refractivity contribution in [3.05, 3.63) is 96.6 Å². The highest BCUT2D eigenvalue weighted by molar-refractivity contribution is 5.89. The third-order valence-electron chi connectivity index (χ3n) is 4.16. The Morgan fingerprint density at radius 2 is 1.89 bits per heavy atom. The Morgan fingerprint density at radius 1 is 1.18 bits per heavy atom. The van der Waals surface area contributed by atoms with Crippen molar-refractivity contribution < 1.29 is 43.2 Å². The van der Waals surface area contributed by atoms with Gasteiger partial charge in [0, 0.05) is 0 Å². The highest BCUT2D eigenvalue weighted by Crippen LogP contribution is 2.05. The van der Waals surface area contributed by atoms with Crippen LogP contribution in [-0.2, 0) is 17.8 Å². The molecule has 1 heterocycles. The molecule has 0 saturated heterocycles. The maximum atomic E-state index is 11.9. The molecular formula is C22H23IN2O3. The topological polar surface area (TPSA) is 55.3 Å². The maximum Gasteiger partial charge on any atom is 0.338 e. The number of aromatic nitrogens is 2. The normalized spacial score (nSPS) is 11.3. The van der Waals surface area contributed by atoms with E-state index in [1.807, 2.05) is 52.1 Å². The van der Waals surface area contributed by atoms with Gasteiger partial charge in [-0.15, -0.1) is 0 Å². The van der Waals surface area contributed by atoms with E-state index in [1.54, 1.807) is 24.3 Å². The third kappa shape index (κ3) is 6.31. The predicted molar refractivity (Wildman–Crippen MR) is 103 cm³/mol. The van der Waals surface area contributed by atoms with Gasteiger partial charge in [0.05, 0.1) is 5.56 Å². The van der Waals surface area contributed by atoms with Crippen LogP contribution in [0.1, 0.15) is 21.5 Å². The Labute approximate surface area is 181 Å². The molecule has 0 fully saturated rings. The summed E-state index contributed by atoms with van der Waals surface area (Å²) < 4.78 is 9.08. The summed E-state index contributed by atoms with van der Waals surface area (Å²) in [6.07, 6.45) is 6.80. The van der Waals surface area contributed by atoms with Crippen LogP contribution in [-0.4, -0.2) is 28.4 Å². The van der Waals surface area contributed by atoms with E-state index in [0.29, 0.717) is 12.1 Å². The first-order valence-corrected chi connectivity index (χ1v) is 8.80. The molecule has 0 aliphatic carbocycles. The molecule has 3 aromatic rings. The second-order valence-corrected chi connectivity index (χ2v) is 6.35. The lowest BCUT2D eigenvalue weighted by Crippen LogP contribution is -3.00. The zero-order valence-corrected chi connectivity index (χ0v) is 17.6. The highest BCUT2D eigenvalue weighted by atomic mass is 127. The van der Waals surface area contributed by atoms with Crippen molar-refractivity contribution in [2.75, 3.05) is 6.61 Å². The summed E-state index contributed by atoms with van der Waals surface area (Å²) in [7, 11) is 0. The van der Waals surface area contributed by atoms with Gasteiger partial charge in [-0.1, -0.05) is 55.1 Å². The van der Waals surface area contributed by atoms with E-state index >= 15 is 0 Å². The number of rotatable bonds is 8. The standard InChI is InChI=1S/C22H23N2O3.HI/c1-2-18-8-10-19(11-9-18)14-23-12-13-24(17-23)15-21(25)16-27-22(26)20-6-4-3-5-7-20;/h2-13,17,21,25H,1,14-16H2;1H/q+1;/p-1. The van der Waals surface area contributed by atoms with Crippen molar-refractivity contribution in [3.63, 3.8) is 0 Å². The number of aliphatic hydroxyl groups excluding tert-OH is 1. The lowest BCUT2D eigenvalue weighted by molar-refractivity contribution is -0.687. The van der Waals surface area contributed by atoms with Crippen molar-refractivity contribution in [1.82, 2.24) is 4.57 Å². The number of carbonyl (C=O) groups is 1. The van der Waals surface area contributed by atoms with Crippen molar-refractivity contribution >= 4 is 12.0 Å². The van der Waals surface area contributed by atoms with Crippen LogP contribution < -0.4 is 28.5 Å². The smallest absolute Gasteiger partial charge is 0.338 e. The zero-order chi connectivity index (χ0) is 19.1. The average molecular weight is 490 g/mol. The monoisotopic (exact) mass is 490 g/mol. The second-order valence-electron chi connectivity index (χ2n) is 6.35. The van der Waals surface area contributed by atoms with Crippen LogP contribution in [0.5, 0.6) is 0 Å². The summed E-state index contributed by atoms with van der Waals surface area (Å²) in [6.45, 7) is 4.80. The van der Waals surface area contributed by atoms with E-state index in [4.69, 9.17) is 4.74 Å². The molecule has 1 N–H and O–H groups in total. The van der Waals surface area contributed by atoms with Crippen LogP contribution in [0.2, 0.25) is 0 Å². The van der Waals surface area contributed by atoms with Gasteiger partial charge in [-0.05, 0) is 23.3 Å². The molecular weight excluding hydrogens is 467 g/mol. The van der Waals surface area contributed by atoms with Gasteiger partial charge in [0.1, 0.15) is 38.2 Å². The lowest BCUT2D eigenvalue weighted by Gasteiger charge is -2.09. The largest absolute Gasteiger partial charge is 1.00 e. The van der Waals surface area contributed by atoms with E-state index in [1.165, 1.54) is 5.56 Å². The Bertz CT molecular complexity index is 892. The van der Waals surface area contributed by atoms with Crippen LogP contribution in [0.25, 0.3) is 6.08 Å². The predicted octanol–water partition coefficient (Wildman–Crippen LogP) is -0.311. The zero-order valence-electron chi connectivity index (χ0n) is 15.4. The number of halogens is 1. The van der Waals surface area contributed by atoms with Crippen LogP contribution in [0.15, 0.2) is 79.9 Å². The molecule has 0 aliphatic heterocycles. The number of benzene rings is 2. The van der Waals surface area contributed by atoms with Gasteiger partial charge in [-0.25, -0.2) is 13.9 Å². The number of aliphatic hydroxyl groups is 1. The van der Waals surface area contributed by atoms with E-state index in [2.05, 4.69) is 18.7 Å². The molecule has 0 spiro atoms. The first kappa shape index (κ1) is 21.8. The summed E-state index contributed by atoms with van der Waals surface area (Å²) in [5.41, 5.74) is 2.75. The van der Waals surface area contributed by atoms with Crippen molar-refractivity contribution in [2.45, 2.75) is 19.2 Å². The summed E-state index contributed by atoms with van der Waals surface area (Å²) in [5, 5.41) is 10.1. The van der Waals surface area contributed by atoms with E-state index in [0.717, 1.165) is 12.1 Å². The van der Waals surface area contributed by atoms with E-state index in [9.17, 15) is 9.90 Å². The highest BCUT2D eigenvalue weighted by Gasteiger charge is 2.14. The number of esters is 1. The first-order chi connectivity index (χ1) is 13.1. The van der Waals surface area contributed by atoms with Gasteiger partial charge in [-0.2, -0.15) is 0 Å². The molecule has 0 aliphatic rings. The number of nitrogens with zero attached hydrogens (tertiary/aromatic N) is 2. The molecule has 5 nitrogen and oxygen atoms in total. The van der Waals surface area contributed by atoms with Crippen LogP contribution in [0.4, 0.5) is 0 Å². The molecule has 0 amide bonds. The average Bonchev–Trinajstić information content (AvgIpc) is 3.14. The van der Waals surface area contributed by atoms with Crippen molar-refractivity contribution in [2.24, 2.45) is 0 Å². The van der Waals surface area contributed by atoms with Gasteiger partial charge in [0.25, 0.3) is 0 Å². The maximum absolute atomic E-state index is 11.9. The quantitative estimate of drug-likeness (QED) is 0.268. The molecule has 146 valence electrons. The Balaban J connectivity index is 0.00000280. The van der Waals surface area contributed by atoms with Gasteiger partial charge in [0.2, 0.25) is 6.33 Å². The fourth-order valence-electron chi connectivity index (χ4n) is 2.74. The Hall–Kier alpha value is -2.45. The molecule has 1 aromatic heterocycles. The number of hydrogen-bond acceptors (Lipinski definition) is 3. The van der Waals surface area contributed by atoms with Crippen LogP contribution in [0.3, 0.4) is 0 Å². The molecule has 2 aromatic carbocycles. The number of hydrogen-bond donors (Lipinski definition) is 1. The Kier molecular flexibility index (Phi) is 8.41. The fourth-order valence-corrected chi connectivity index (χ4v) is 2.74. The molecule has 3 rings (SSSR count). The minimum atomic E-state index is -0.773. The summed E-state index contributed by atoms with van der Waals surface area (Å²) in [6, 6.07) is 17.0. The molecule has 1 unspecified atom stereocenters. The molecule has 0 bridgehead atoms. The SMILES string of the molecule is C=Cc1ccc(C[n+]2ccn(CC(O)COC(=O)c3ccccc3)c2)cc1.[I-]. The minimum absolute atomic E-state index is 0. The second kappa shape index (κ2) is 10.8. The van der Waals surface area contributed by atoms with E-state index in [-0.39, 0.29) is 30.6 Å². The van der Waals surface area contributed by atoms with Crippen molar-refractivity contribution in [1.29, 1.82) is 0 Å². The van der Waals surface area contributed by atoms with Gasteiger partial charge < -0.3 is 33.8 Å². The van der Waals surface area contributed by atoms with Gasteiger partial charge in [-0.3, -0.25) is 0 Å².